The van der Waals surface area contributed by atoms with Gasteiger partial charge in [0.1, 0.15) is 6.10 Å². The molecule has 0 amide bonds. The van der Waals surface area contributed by atoms with Crippen molar-refractivity contribution in [3.63, 3.8) is 0 Å². The van der Waals surface area contributed by atoms with Crippen LogP contribution in [0.3, 0.4) is 0 Å². The summed E-state index contributed by atoms with van der Waals surface area (Å²) in [5, 5.41) is 44.4. The molecular formula is C30H50O5. The zero-order valence-corrected chi connectivity index (χ0v) is 23.1. The van der Waals surface area contributed by atoms with Crippen LogP contribution in [0, 0.1) is 50.7 Å². The van der Waals surface area contributed by atoms with Crippen molar-refractivity contribution in [2.45, 2.75) is 136 Å². The minimum atomic E-state index is -1.23. The van der Waals surface area contributed by atoms with E-state index in [0.29, 0.717) is 28.6 Å². The Labute approximate surface area is 212 Å². The molecule has 5 heteroatoms. The predicted molar refractivity (Wildman–Crippen MR) is 134 cm³/mol. The maximum Gasteiger partial charge on any atom is 0.108 e. The van der Waals surface area contributed by atoms with Crippen LogP contribution in [-0.4, -0.2) is 56.5 Å². The second-order valence-corrected chi connectivity index (χ2v) is 15.7. The molecule has 6 rings (SSSR count). The third-order valence-corrected chi connectivity index (χ3v) is 13.9. The molecular weight excluding hydrogens is 440 g/mol. The van der Waals surface area contributed by atoms with Crippen LogP contribution >= 0.6 is 0 Å². The highest BCUT2D eigenvalue weighted by atomic mass is 16.5. The van der Waals surface area contributed by atoms with Gasteiger partial charge in [-0.05, 0) is 111 Å². The fraction of sp³-hybridized carbons (Fsp3) is 1.00. The van der Waals surface area contributed by atoms with E-state index in [1.807, 2.05) is 0 Å². The number of hydrogen-bond donors (Lipinski definition) is 4. The molecule has 0 unspecified atom stereocenters. The molecule has 4 N–H and O–H groups in total. The first-order valence-electron chi connectivity index (χ1n) is 14.5. The summed E-state index contributed by atoms with van der Waals surface area (Å²) >= 11 is 0. The molecule has 1 heterocycles. The average Bonchev–Trinajstić information content (AvgIpc) is 3.40. The van der Waals surface area contributed by atoms with Crippen LogP contribution in [0.1, 0.15) is 99.8 Å². The van der Waals surface area contributed by atoms with Crippen LogP contribution in [0.25, 0.3) is 0 Å². The molecule has 0 bridgehead atoms. The molecule has 35 heavy (non-hydrogen) atoms. The van der Waals surface area contributed by atoms with Gasteiger partial charge in [-0.15, -0.1) is 0 Å². The summed E-state index contributed by atoms with van der Waals surface area (Å²) in [5.74, 6) is 1.64. The van der Waals surface area contributed by atoms with Gasteiger partial charge in [0.15, 0.2) is 0 Å². The van der Waals surface area contributed by atoms with Crippen molar-refractivity contribution >= 4 is 0 Å². The van der Waals surface area contributed by atoms with E-state index >= 15 is 0 Å². The Morgan fingerprint density at radius 2 is 1.54 bits per heavy atom. The van der Waals surface area contributed by atoms with Gasteiger partial charge in [-0.1, -0.05) is 34.6 Å². The maximum absolute atomic E-state index is 12.2. The first-order valence-corrected chi connectivity index (χ1v) is 14.5. The fourth-order valence-corrected chi connectivity index (χ4v) is 12.0. The normalized spacial score (nSPS) is 59.4. The van der Waals surface area contributed by atoms with E-state index < -0.39 is 23.9 Å². The van der Waals surface area contributed by atoms with E-state index in [1.54, 1.807) is 13.8 Å². The van der Waals surface area contributed by atoms with Gasteiger partial charge in [0, 0.05) is 5.41 Å². The minimum absolute atomic E-state index is 0.00259. The minimum Gasteiger partial charge on any atom is -0.393 e. The molecule has 0 aromatic rings. The molecule has 5 aliphatic carbocycles. The van der Waals surface area contributed by atoms with Gasteiger partial charge in [-0.2, -0.15) is 0 Å². The Morgan fingerprint density at radius 3 is 2.20 bits per heavy atom. The van der Waals surface area contributed by atoms with E-state index in [0.717, 1.165) is 38.5 Å². The van der Waals surface area contributed by atoms with Gasteiger partial charge < -0.3 is 25.2 Å². The van der Waals surface area contributed by atoms with Crippen molar-refractivity contribution in [1.29, 1.82) is 0 Å². The van der Waals surface area contributed by atoms with Crippen LogP contribution in [0.4, 0.5) is 0 Å². The number of rotatable bonds is 2. The largest absolute Gasteiger partial charge is 0.393 e. The molecule has 0 aromatic heterocycles. The van der Waals surface area contributed by atoms with Gasteiger partial charge >= 0.3 is 0 Å². The number of aliphatic hydroxyl groups is 4. The van der Waals surface area contributed by atoms with E-state index in [2.05, 4.69) is 34.6 Å². The monoisotopic (exact) mass is 490 g/mol. The van der Waals surface area contributed by atoms with Crippen molar-refractivity contribution in [2.24, 2.45) is 50.7 Å². The van der Waals surface area contributed by atoms with E-state index in [9.17, 15) is 20.4 Å². The van der Waals surface area contributed by atoms with Crippen LogP contribution in [0.5, 0.6) is 0 Å². The summed E-state index contributed by atoms with van der Waals surface area (Å²) in [6.07, 6.45) is 6.23. The van der Waals surface area contributed by atoms with Crippen molar-refractivity contribution in [1.82, 2.24) is 0 Å². The SMILES string of the molecule is C[C@@H]1C[C@H]([C@H](O)C(C)(C)O)O[C@H]2[C@@H]1[C@@]1(C)CC[C@@]34C[C@@]35CC[C@H](O)C(C)(C)[C@@H]5CC[C@H]4[C@]1(C)[C@H]2O. The first-order chi connectivity index (χ1) is 16.1. The molecule has 200 valence electrons. The summed E-state index contributed by atoms with van der Waals surface area (Å²) in [5.41, 5.74) is -0.860. The number of aliphatic hydroxyl groups excluding tert-OH is 3. The van der Waals surface area contributed by atoms with Crippen molar-refractivity contribution < 1.29 is 25.2 Å². The van der Waals surface area contributed by atoms with Crippen LogP contribution < -0.4 is 0 Å². The van der Waals surface area contributed by atoms with Crippen LogP contribution in [-0.2, 0) is 4.74 Å². The van der Waals surface area contributed by atoms with Crippen LogP contribution in [0.2, 0.25) is 0 Å². The molecule has 2 spiro atoms. The van der Waals surface area contributed by atoms with E-state index in [1.165, 1.54) is 12.8 Å². The predicted octanol–water partition coefficient (Wildman–Crippen LogP) is 4.29. The standard InChI is InChI=1S/C30H50O5/c1-16-14-17(23(32)26(4,5)34)35-22-21(16)27(6)12-13-30-15-29(30)11-10-20(31)25(2,3)18(29)8-9-19(30)28(27,7)24(22)33/h16-24,31-34H,8-15H2,1-7H3/t16-,17-,18+,19+,20+,21-,22+,23+,24+,27-,28-,29-,30+/m1/s1. The molecule has 6 aliphatic rings. The van der Waals surface area contributed by atoms with Gasteiger partial charge in [0.05, 0.1) is 30.0 Å². The lowest BCUT2D eigenvalue weighted by Gasteiger charge is -2.63. The highest BCUT2D eigenvalue weighted by molar-refractivity contribution is 5.32. The molecule has 0 radical (unpaired) electrons. The molecule has 0 aromatic carbocycles. The van der Waals surface area contributed by atoms with Crippen molar-refractivity contribution in [3.8, 4) is 0 Å². The maximum atomic E-state index is 12.2. The topological polar surface area (TPSA) is 90.2 Å². The third-order valence-electron chi connectivity index (χ3n) is 13.9. The summed E-state index contributed by atoms with van der Waals surface area (Å²) in [4.78, 5) is 0. The Hall–Kier alpha value is -0.200. The van der Waals surface area contributed by atoms with E-state index in [4.69, 9.17) is 4.74 Å². The van der Waals surface area contributed by atoms with Crippen molar-refractivity contribution in [3.05, 3.63) is 0 Å². The average molecular weight is 491 g/mol. The molecule has 5 nitrogen and oxygen atoms in total. The van der Waals surface area contributed by atoms with Crippen LogP contribution in [0.15, 0.2) is 0 Å². The first kappa shape index (κ1) is 25.1. The lowest BCUT2D eigenvalue weighted by atomic mass is 9.41. The highest BCUT2D eigenvalue weighted by Gasteiger charge is 2.84. The Kier molecular flexibility index (Phi) is 5.06. The molecule has 6 fully saturated rings. The number of hydrogen-bond acceptors (Lipinski definition) is 5. The fourth-order valence-electron chi connectivity index (χ4n) is 12.0. The lowest BCUT2D eigenvalue weighted by molar-refractivity contribution is -0.202. The molecule has 5 saturated carbocycles. The molecule has 13 atom stereocenters. The lowest BCUT2D eigenvalue weighted by Crippen LogP contribution is -2.59. The summed E-state index contributed by atoms with van der Waals surface area (Å²) in [6.45, 7) is 15.0. The van der Waals surface area contributed by atoms with Gasteiger partial charge in [0.25, 0.3) is 0 Å². The second kappa shape index (κ2) is 7.05. The zero-order chi connectivity index (χ0) is 25.6. The Bertz CT molecular complexity index is 896. The third kappa shape index (κ3) is 2.73. The van der Waals surface area contributed by atoms with Gasteiger partial charge in [-0.25, -0.2) is 0 Å². The Morgan fingerprint density at radius 1 is 0.914 bits per heavy atom. The Balaban J connectivity index is 1.36. The number of fused-ring (bicyclic) bond motifs is 4. The van der Waals surface area contributed by atoms with Gasteiger partial charge in [0.2, 0.25) is 0 Å². The van der Waals surface area contributed by atoms with E-state index in [-0.39, 0.29) is 34.4 Å². The highest BCUT2D eigenvalue weighted by Crippen LogP contribution is 2.89. The van der Waals surface area contributed by atoms with Crippen molar-refractivity contribution in [2.75, 3.05) is 0 Å². The summed E-state index contributed by atoms with van der Waals surface area (Å²) in [6, 6.07) is 0. The summed E-state index contributed by atoms with van der Waals surface area (Å²) in [7, 11) is 0. The molecule has 1 aliphatic heterocycles. The zero-order valence-electron chi connectivity index (χ0n) is 23.1. The summed E-state index contributed by atoms with van der Waals surface area (Å²) < 4.78 is 6.59. The molecule has 1 saturated heterocycles. The second-order valence-electron chi connectivity index (χ2n) is 15.7. The number of ether oxygens (including phenoxy) is 1. The quantitative estimate of drug-likeness (QED) is 0.464. The smallest absolute Gasteiger partial charge is 0.108 e. The van der Waals surface area contributed by atoms with Gasteiger partial charge in [-0.3, -0.25) is 0 Å².